The second-order valence-corrected chi connectivity index (χ2v) is 5.51. The molecule has 1 aliphatic heterocycles. The Balaban J connectivity index is 1.74. The first-order valence-electron chi connectivity index (χ1n) is 7.41. The minimum Gasteiger partial charge on any atom is -0.294 e. The molecule has 1 saturated heterocycles. The maximum atomic E-state index is 9.23. The fourth-order valence-corrected chi connectivity index (χ4v) is 3.00. The molecule has 2 heterocycles. The van der Waals surface area contributed by atoms with Gasteiger partial charge in [0.15, 0.2) is 0 Å². The molecule has 2 aromatic rings. The van der Waals surface area contributed by atoms with E-state index >= 15 is 0 Å². The average molecular weight is 281 g/mol. The number of aromatic nitrogens is 3. The molecule has 0 saturated carbocycles. The van der Waals surface area contributed by atoms with Gasteiger partial charge in [0.05, 0.1) is 18.2 Å². The highest BCUT2D eigenvalue weighted by atomic mass is 15.3. The molecular weight excluding hydrogens is 262 g/mol. The zero-order valence-corrected chi connectivity index (χ0v) is 12.0. The Kier molecular flexibility index (Phi) is 4.27. The summed E-state index contributed by atoms with van der Waals surface area (Å²) in [5.74, 6) is 0. The summed E-state index contributed by atoms with van der Waals surface area (Å²) in [6, 6.07) is 10.6. The van der Waals surface area contributed by atoms with Crippen molar-refractivity contribution < 1.29 is 0 Å². The van der Waals surface area contributed by atoms with Gasteiger partial charge in [0.2, 0.25) is 0 Å². The minimum atomic E-state index is 0.465. The van der Waals surface area contributed by atoms with Gasteiger partial charge < -0.3 is 0 Å². The quantitative estimate of drug-likeness (QED) is 0.862. The number of nitriles is 1. The monoisotopic (exact) mass is 281 g/mol. The molecule has 0 unspecified atom stereocenters. The van der Waals surface area contributed by atoms with Gasteiger partial charge in [0.25, 0.3) is 0 Å². The molecule has 21 heavy (non-hydrogen) atoms. The number of rotatable bonds is 4. The Morgan fingerprint density at radius 3 is 3.00 bits per heavy atom. The molecular formula is C16H19N5. The fourth-order valence-electron chi connectivity index (χ4n) is 3.00. The minimum absolute atomic E-state index is 0.465. The van der Waals surface area contributed by atoms with Gasteiger partial charge in [-0.2, -0.15) is 10.4 Å². The summed E-state index contributed by atoms with van der Waals surface area (Å²) in [6.45, 7) is 2.79. The van der Waals surface area contributed by atoms with Crippen molar-refractivity contribution in [3.05, 3.63) is 48.0 Å². The molecule has 0 amide bonds. The van der Waals surface area contributed by atoms with E-state index in [1.165, 1.54) is 19.3 Å². The Labute approximate surface area is 124 Å². The van der Waals surface area contributed by atoms with Crippen LogP contribution in [0.1, 0.15) is 30.4 Å². The summed E-state index contributed by atoms with van der Waals surface area (Å²) in [5, 5.41) is 13.4. The van der Waals surface area contributed by atoms with Crippen LogP contribution in [0.4, 0.5) is 0 Å². The van der Waals surface area contributed by atoms with Crippen LogP contribution in [0.3, 0.4) is 0 Å². The van der Waals surface area contributed by atoms with E-state index < -0.39 is 0 Å². The maximum absolute atomic E-state index is 9.23. The maximum Gasteiger partial charge on any atom is 0.137 e. The van der Waals surface area contributed by atoms with Crippen molar-refractivity contribution in [3.8, 4) is 6.07 Å². The van der Waals surface area contributed by atoms with Crippen LogP contribution in [0.5, 0.6) is 0 Å². The summed E-state index contributed by atoms with van der Waals surface area (Å²) >= 11 is 0. The normalized spacial score (nSPS) is 19.3. The van der Waals surface area contributed by atoms with Crippen LogP contribution >= 0.6 is 0 Å². The number of nitrogens with zero attached hydrogens (tertiary/aromatic N) is 5. The van der Waals surface area contributed by atoms with Gasteiger partial charge in [-0.1, -0.05) is 24.6 Å². The van der Waals surface area contributed by atoms with E-state index in [1.54, 1.807) is 12.7 Å². The lowest BCUT2D eigenvalue weighted by Crippen LogP contribution is -2.41. The van der Waals surface area contributed by atoms with Crippen molar-refractivity contribution in [2.45, 2.75) is 38.4 Å². The molecule has 0 radical (unpaired) electrons. The number of hydrogen-bond acceptors (Lipinski definition) is 4. The van der Waals surface area contributed by atoms with Crippen molar-refractivity contribution in [1.82, 2.24) is 19.7 Å². The van der Waals surface area contributed by atoms with E-state index in [9.17, 15) is 5.26 Å². The topological polar surface area (TPSA) is 57.7 Å². The SMILES string of the molecule is N#Cc1ccccc1CN1CCCC[C@@H]1Cn1cncn1. The molecule has 1 atom stereocenters. The van der Waals surface area contributed by atoms with Crippen LogP contribution in [0.15, 0.2) is 36.9 Å². The Morgan fingerprint density at radius 1 is 1.29 bits per heavy atom. The van der Waals surface area contributed by atoms with Crippen LogP contribution in [0, 0.1) is 11.3 Å². The van der Waals surface area contributed by atoms with E-state index in [0.29, 0.717) is 6.04 Å². The van der Waals surface area contributed by atoms with E-state index in [4.69, 9.17) is 0 Å². The van der Waals surface area contributed by atoms with Gasteiger partial charge in [-0.25, -0.2) is 4.98 Å². The van der Waals surface area contributed by atoms with Gasteiger partial charge in [0.1, 0.15) is 12.7 Å². The summed E-state index contributed by atoms with van der Waals surface area (Å²) in [7, 11) is 0. The molecule has 1 fully saturated rings. The van der Waals surface area contributed by atoms with Crippen LogP contribution in [0.25, 0.3) is 0 Å². The molecule has 0 bridgehead atoms. The van der Waals surface area contributed by atoms with Crippen molar-refractivity contribution in [2.75, 3.05) is 6.54 Å². The third-order valence-electron chi connectivity index (χ3n) is 4.12. The summed E-state index contributed by atoms with van der Waals surface area (Å²) < 4.78 is 1.90. The standard InChI is InChI=1S/C16H19N5/c17-9-14-5-1-2-6-15(14)10-20-8-4-3-7-16(20)11-21-13-18-12-19-21/h1-2,5-6,12-13,16H,3-4,7-8,10-11H2/t16-/m1/s1. The van der Waals surface area contributed by atoms with E-state index in [-0.39, 0.29) is 0 Å². The first-order chi connectivity index (χ1) is 10.4. The number of piperidine rings is 1. The highest BCUT2D eigenvalue weighted by molar-refractivity contribution is 5.37. The van der Waals surface area contributed by atoms with Crippen molar-refractivity contribution in [3.63, 3.8) is 0 Å². The summed E-state index contributed by atoms with van der Waals surface area (Å²) in [4.78, 5) is 6.49. The second kappa shape index (κ2) is 6.51. The zero-order chi connectivity index (χ0) is 14.5. The first kappa shape index (κ1) is 13.8. The molecule has 0 spiro atoms. The lowest BCUT2D eigenvalue weighted by Gasteiger charge is -2.35. The average Bonchev–Trinajstić information content (AvgIpc) is 3.03. The predicted octanol–water partition coefficient (Wildman–Crippen LogP) is 2.20. The van der Waals surface area contributed by atoms with Crippen molar-refractivity contribution in [2.24, 2.45) is 0 Å². The number of benzene rings is 1. The predicted molar refractivity (Wildman–Crippen MR) is 79.2 cm³/mol. The van der Waals surface area contributed by atoms with Crippen LogP contribution < -0.4 is 0 Å². The highest BCUT2D eigenvalue weighted by Crippen LogP contribution is 2.22. The van der Waals surface area contributed by atoms with Crippen molar-refractivity contribution in [1.29, 1.82) is 5.26 Å². The van der Waals surface area contributed by atoms with Crippen LogP contribution in [-0.4, -0.2) is 32.3 Å². The number of hydrogen-bond donors (Lipinski definition) is 0. The molecule has 0 N–H and O–H groups in total. The van der Waals surface area contributed by atoms with Crippen LogP contribution in [-0.2, 0) is 13.1 Å². The first-order valence-corrected chi connectivity index (χ1v) is 7.41. The van der Waals surface area contributed by atoms with Gasteiger partial charge >= 0.3 is 0 Å². The second-order valence-electron chi connectivity index (χ2n) is 5.51. The van der Waals surface area contributed by atoms with Crippen LogP contribution in [0.2, 0.25) is 0 Å². The zero-order valence-electron chi connectivity index (χ0n) is 12.0. The van der Waals surface area contributed by atoms with Gasteiger partial charge in [-0.05, 0) is 31.0 Å². The molecule has 3 rings (SSSR count). The fraction of sp³-hybridized carbons (Fsp3) is 0.438. The third-order valence-corrected chi connectivity index (χ3v) is 4.12. The smallest absolute Gasteiger partial charge is 0.137 e. The highest BCUT2D eigenvalue weighted by Gasteiger charge is 2.23. The largest absolute Gasteiger partial charge is 0.294 e. The van der Waals surface area contributed by atoms with Gasteiger partial charge in [-0.3, -0.25) is 9.58 Å². The van der Waals surface area contributed by atoms with E-state index in [2.05, 4.69) is 27.1 Å². The lowest BCUT2D eigenvalue weighted by molar-refractivity contribution is 0.122. The molecule has 108 valence electrons. The molecule has 1 aromatic heterocycles. The molecule has 5 heteroatoms. The summed E-state index contributed by atoms with van der Waals surface area (Å²) in [5.41, 5.74) is 1.90. The molecule has 1 aromatic carbocycles. The Hall–Kier alpha value is -2.19. The van der Waals surface area contributed by atoms with Gasteiger partial charge in [-0.15, -0.1) is 0 Å². The molecule has 5 nitrogen and oxygen atoms in total. The van der Waals surface area contributed by atoms with E-state index in [1.807, 2.05) is 22.9 Å². The lowest BCUT2D eigenvalue weighted by atomic mass is 10.00. The Bertz CT molecular complexity index is 614. The van der Waals surface area contributed by atoms with Gasteiger partial charge in [0, 0.05) is 12.6 Å². The molecule has 1 aliphatic rings. The summed E-state index contributed by atoms with van der Waals surface area (Å²) in [6.07, 6.45) is 7.01. The molecule has 0 aliphatic carbocycles. The van der Waals surface area contributed by atoms with Crippen molar-refractivity contribution >= 4 is 0 Å². The third kappa shape index (κ3) is 3.29. The van der Waals surface area contributed by atoms with E-state index in [0.717, 1.165) is 30.8 Å². The number of likely N-dealkylation sites (tertiary alicyclic amines) is 1. The Morgan fingerprint density at radius 2 is 2.19 bits per heavy atom.